The number of rotatable bonds is 12. The number of sulfonamides is 1. The first-order valence-corrected chi connectivity index (χ1v) is 17.4. The van der Waals surface area contributed by atoms with Gasteiger partial charge in [-0.05, 0) is 68.1 Å². The highest BCUT2D eigenvalue weighted by Gasteiger charge is 2.35. The van der Waals surface area contributed by atoms with E-state index < -0.39 is 33.7 Å². The maximum Gasteiger partial charge on any atom is 0.320 e. The molecule has 1 aliphatic heterocycles. The number of anilines is 1. The molecule has 2 aliphatic rings. The average molecular weight is 667 g/mol. The van der Waals surface area contributed by atoms with Crippen LogP contribution in [0.25, 0.3) is 11.0 Å². The second-order valence-electron chi connectivity index (χ2n) is 12.3. The minimum absolute atomic E-state index is 0.0615. The number of carbonyl (C=O) groups is 2. The van der Waals surface area contributed by atoms with Gasteiger partial charge in [0.25, 0.3) is 0 Å². The van der Waals surface area contributed by atoms with E-state index in [2.05, 4.69) is 0 Å². The number of aromatic nitrogens is 2. The van der Waals surface area contributed by atoms with Crippen molar-refractivity contribution in [1.29, 1.82) is 10.8 Å². The molecule has 252 valence electrons. The number of nitrogens with two attached hydrogens (primary N) is 2. The molecule has 15 heteroatoms. The number of nitrogens with one attached hydrogen (secondary N) is 2. The first kappa shape index (κ1) is 33.7. The fraction of sp³-hybridized carbons (Fsp3) is 0.469. The molecule has 1 aliphatic carbocycles. The first-order valence-electron chi connectivity index (χ1n) is 15.8. The summed E-state index contributed by atoms with van der Waals surface area (Å²) in [5.74, 6) is -2.27. The van der Waals surface area contributed by atoms with Crippen LogP contribution in [-0.4, -0.2) is 76.5 Å². The number of carboxylic acid groups (broad SMARTS) is 1. The average Bonchev–Trinajstić information content (AvgIpc) is 3.37. The van der Waals surface area contributed by atoms with Gasteiger partial charge in [-0.1, -0.05) is 19.3 Å². The lowest BCUT2D eigenvalue weighted by molar-refractivity contribution is -0.134. The van der Waals surface area contributed by atoms with Crippen molar-refractivity contribution in [3.63, 3.8) is 0 Å². The van der Waals surface area contributed by atoms with Crippen molar-refractivity contribution < 1.29 is 27.9 Å². The van der Waals surface area contributed by atoms with E-state index in [1.807, 2.05) is 4.90 Å². The molecule has 0 bridgehead atoms. The van der Waals surface area contributed by atoms with E-state index in [1.165, 1.54) is 0 Å². The van der Waals surface area contributed by atoms with E-state index in [1.54, 1.807) is 54.0 Å². The summed E-state index contributed by atoms with van der Waals surface area (Å²) in [6.07, 6.45) is 5.85. The number of imidazole rings is 1. The number of likely N-dealkylation sites (tertiary alicyclic amines) is 1. The number of piperidine rings is 1. The Balaban J connectivity index is 1.53. The van der Waals surface area contributed by atoms with Crippen LogP contribution in [-0.2, 0) is 26.2 Å². The summed E-state index contributed by atoms with van der Waals surface area (Å²) in [6.45, 7) is 2.80. The van der Waals surface area contributed by atoms with Crippen molar-refractivity contribution in [3.05, 3.63) is 53.9 Å². The predicted molar refractivity (Wildman–Crippen MR) is 178 cm³/mol. The van der Waals surface area contributed by atoms with E-state index in [0.717, 1.165) is 49.3 Å². The summed E-state index contributed by atoms with van der Waals surface area (Å²) in [7, 11) is -4.43. The standard InChI is InChI=1S/C32H42N8O6S/c1-20(33)38-15-13-25(14-16-38)46-24-10-8-23(9-11-24)39(47(44,45)19-29(41)42)18-28-37-26-17-22(31(34)35)7-12-27(26)40(28)30(32(36)43)21-5-3-2-4-6-21/h7-12,17,21,25,30,33H,2-6,13-16,18-19H2,1H3,(H3,34,35)(H2,36,43)(H,41,42). The van der Waals surface area contributed by atoms with Crippen LogP contribution in [0.3, 0.4) is 0 Å². The summed E-state index contributed by atoms with van der Waals surface area (Å²) in [6, 6.07) is 10.5. The van der Waals surface area contributed by atoms with Gasteiger partial charge >= 0.3 is 5.97 Å². The second kappa shape index (κ2) is 14.0. The largest absolute Gasteiger partial charge is 0.490 e. The first-order chi connectivity index (χ1) is 22.3. The normalized spacial score (nSPS) is 16.9. The summed E-state index contributed by atoms with van der Waals surface area (Å²) >= 11 is 0. The van der Waals surface area contributed by atoms with Gasteiger partial charge in [-0.25, -0.2) is 13.4 Å². The Morgan fingerprint density at radius 3 is 2.28 bits per heavy atom. The maximum atomic E-state index is 13.6. The Kier molecular flexibility index (Phi) is 10.0. The third-order valence-electron chi connectivity index (χ3n) is 9.01. The van der Waals surface area contributed by atoms with E-state index in [-0.39, 0.29) is 35.9 Å². The molecule has 0 radical (unpaired) electrons. The van der Waals surface area contributed by atoms with Crippen LogP contribution >= 0.6 is 0 Å². The minimum Gasteiger partial charge on any atom is -0.490 e. The Hall–Kier alpha value is -4.66. The fourth-order valence-electron chi connectivity index (χ4n) is 6.66. The van der Waals surface area contributed by atoms with E-state index in [4.69, 9.17) is 32.0 Å². The van der Waals surface area contributed by atoms with Crippen molar-refractivity contribution in [2.24, 2.45) is 17.4 Å². The molecule has 1 amide bonds. The molecular weight excluding hydrogens is 624 g/mol. The highest BCUT2D eigenvalue weighted by Crippen LogP contribution is 2.37. The van der Waals surface area contributed by atoms with Gasteiger partial charge in [0, 0.05) is 31.5 Å². The van der Waals surface area contributed by atoms with Crippen LogP contribution in [0.2, 0.25) is 0 Å². The molecule has 3 aromatic rings. The number of nitrogen functional groups attached to an aromatic ring is 1. The molecule has 2 heterocycles. The third kappa shape index (κ3) is 7.67. The summed E-state index contributed by atoms with van der Waals surface area (Å²) in [5.41, 5.74) is 13.3. The van der Waals surface area contributed by atoms with Crippen molar-refractivity contribution in [3.8, 4) is 5.75 Å². The summed E-state index contributed by atoms with van der Waals surface area (Å²) in [5, 5.41) is 25.2. The highest BCUT2D eigenvalue weighted by molar-refractivity contribution is 7.93. The molecule has 2 fully saturated rings. The molecule has 0 spiro atoms. The van der Waals surface area contributed by atoms with Crippen molar-refractivity contribution in [2.75, 3.05) is 23.1 Å². The molecule has 1 saturated heterocycles. The topological polar surface area (TPSA) is 222 Å². The Labute approximate surface area is 273 Å². The predicted octanol–water partition coefficient (Wildman–Crippen LogP) is 3.19. The molecule has 1 atom stereocenters. The lowest BCUT2D eigenvalue weighted by atomic mass is 9.83. The van der Waals surface area contributed by atoms with Crippen LogP contribution in [0, 0.1) is 16.7 Å². The van der Waals surface area contributed by atoms with Crippen LogP contribution in [0.15, 0.2) is 42.5 Å². The second-order valence-corrected chi connectivity index (χ2v) is 14.2. The zero-order valence-corrected chi connectivity index (χ0v) is 27.2. The quantitative estimate of drug-likeness (QED) is 0.141. The van der Waals surface area contributed by atoms with Crippen LogP contribution < -0.4 is 20.5 Å². The number of benzene rings is 2. The number of carbonyl (C=O) groups excluding carboxylic acids is 1. The smallest absolute Gasteiger partial charge is 0.320 e. The van der Waals surface area contributed by atoms with E-state index in [9.17, 15) is 23.1 Å². The molecular formula is C32H42N8O6S. The van der Waals surface area contributed by atoms with Gasteiger partial charge in [-0.3, -0.25) is 24.7 Å². The van der Waals surface area contributed by atoms with E-state index >= 15 is 0 Å². The zero-order chi connectivity index (χ0) is 33.9. The van der Waals surface area contributed by atoms with Crippen LogP contribution in [0.1, 0.15) is 69.3 Å². The number of primary amides is 1. The molecule has 1 unspecified atom stereocenters. The minimum atomic E-state index is -4.43. The third-order valence-corrected chi connectivity index (χ3v) is 10.6. The molecule has 1 saturated carbocycles. The number of nitrogens with zero attached hydrogens (tertiary/aromatic N) is 4. The number of hydrogen-bond donors (Lipinski definition) is 5. The number of amides is 1. The Morgan fingerprint density at radius 1 is 1.04 bits per heavy atom. The zero-order valence-electron chi connectivity index (χ0n) is 26.4. The number of ether oxygens (including phenoxy) is 1. The molecule has 5 rings (SSSR count). The van der Waals surface area contributed by atoms with Gasteiger partial charge in [-0.2, -0.15) is 0 Å². The molecule has 7 N–H and O–H groups in total. The number of aliphatic carboxylic acids is 1. The van der Waals surface area contributed by atoms with Gasteiger partial charge in [0.05, 0.1) is 29.1 Å². The van der Waals surface area contributed by atoms with Gasteiger partial charge in [-0.15, -0.1) is 0 Å². The van der Waals surface area contributed by atoms with Crippen molar-refractivity contribution >= 4 is 50.3 Å². The number of carboxylic acids is 1. The monoisotopic (exact) mass is 666 g/mol. The van der Waals surface area contributed by atoms with Gasteiger partial charge in [0.1, 0.15) is 29.6 Å². The van der Waals surface area contributed by atoms with Gasteiger partial charge < -0.3 is 30.8 Å². The van der Waals surface area contributed by atoms with Gasteiger partial charge in [0.15, 0.2) is 5.75 Å². The van der Waals surface area contributed by atoms with Crippen LogP contribution in [0.5, 0.6) is 5.75 Å². The van der Waals surface area contributed by atoms with Crippen molar-refractivity contribution in [1.82, 2.24) is 14.5 Å². The molecule has 2 aromatic carbocycles. The molecule has 14 nitrogen and oxygen atoms in total. The van der Waals surface area contributed by atoms with E-state index in [0.29, 0.717) is 41.3 Å². The molecule has 47 heavy (non-hydrogen) atoms. The number of hydrogen-bond acceptors (Lipinski definition) is 8. The lowest BCUT2D eigenvalue weighted by Gasteiger charge is -2.33. The SMILES string of the molecule is CC(=N)N1CCC(Oc2ccc(N(Cc3nc4cc(C(=N)N)ccc4n3C(C(N)=O)C3CCCCC3)S(=O)(=O)CC(=O)O)cc2)CC1. The molecule has 1 aromatic heterocycles. The summed E-state index contributed by atoms with van der Waals surface area (Å²) in [4.78, 5) is 31.5. The van der Waals surface area contributed by atoms with Gasteiger partial charge in [0.2, 0.25) is 15.9 Å². The highest BCUT2D eigenvalue weighted by atomic mass is 32.2. The fourth-order valence-corrected chi connectivity index (χ4v) is 7.89. The lowest BCUT2D eigenvalue weighted by Crippen LogP contribution is -2.40. The van der Waals surface area contributed by atoms with Crippen LogP contribution in [0.4, 0.5) is 5.69 Å². The summed E-state index contributed by atoms with van der Waals surface area (Å²) < 4.78 is 36.1. The number of fused-ring (bicyclic) bond motifs is 1. The number of amidine groups is 2. The maximum absolute atomic E-state index is 13.6. The Bertz CT molecular complexity index is 1760. The Morgan fingerprint density at radius 2 is 1.70 bits per heavy atom. The van der Waals surface area contributed by atoms with Crippen molar-refractivity contribution in [2.45, 2.75) is 70.6 Å².